The quantitative estimate of drug-likeness (QED) is 0.175. The van der Waals surface area contributed by atoms with Crippen molar-refractivity contribution in [3.63, 3.8) is 0 Å². The number of pyridine rings is 1. The predicted octanol–water partition coefficient (Wildman–Crippen LogP) is 6.73. The first kappa shape index (κ1) is 28.4. The highest BCUT2D eigenvalue weighted by molar-refractivity contribution is 7.13. The average molecular weight is 615 g/mol. The van der Waals surface area contributed by atoms with Gasteiger partial charge in [0.25, 0.3) is 11.8 Å². The van der Waals surface area contributed by atoms with Gasteiger partial charge in [-0.3, -0.25) is 9.59 Å². The summed E-state index contributed by atoms with van der Waals surface area (Å²) in [5, 5.41) is 8.90. The van der Waals surface area contributed by atoms with E-state index in [4.69, 9.17) is 21.1 Å². The first-order valence-corrected chi connectivity index (χ1v) is 15.0. The van der Waals surface area contributed by atoms with Crippen molar-refractivity contribution in [3.8, 4) is 27.3 Å². The zero-order chi connectivity index (χ0) is 30.1. The summed E-state index contributed by atoms with van der Waals surface area (Å²) in [6.07, 6.45) is 3.24. The maximum absolute atomic E-state index is 14.1. The van der Waals surface area contributed by atoms with Gasteiger partial charge in [0.1, 0.15) is 11.4 Å². The van der Waals surface area contributed by atoms with Gasteiger partial charge in [0, 0.05) is 57.2 Å². The Morgan fingerprint density at radius 1 is 1.07 bits per heavy atom. The van der Waals surface area contributed by atoms with E-state index >= 15 is 0 Å². The fourth-order valence-electron chi connectivity index (χ4n) is 5.09. The van der Waals surface area contributed by atoms with Gasteiger partial charge in [0.15, 0.2) is 5.69 Å². The molecule has 2 aromatic carbocycles. The van der Waals surface area contributed by atoms with E-state index in [9.17, 15) is 14.4 Å². The van der Waals surface area contributed by atoms with Crippen molar-refractivity contribution >= 4 is 57.3 Å². The molecule has 43 heavy (non-hydrogen) atoms. The van der Waals surface area contributed by atoms with E-state index in [1.807, 2.05) is 24.4 Å². The van der Waals surface area contributed by atoms with Crippen LogP contribution in [0.1, 0.15) is 50.2 Å². The number of aromatic amines is 1. The second kappa shape index (κ2) is 11.9. The smallest absolute Gasteiger partial charge is 0.357 e. The number of esters is 1. The van der Waals surface area contributed by atoms with Gasteiger partial charge in [-0.05, 0) is 65.9 Å². The molecule has 0 saturated carbocycles. The van der Waals surface area contributed by atoms with E-state index in [2.05, 4.69) is 26.7 Å². The first-order valence-electron chi connectivity index (χ1n) is 13.7. The number of ether oxygens (including phenoxy) is 2. The van der Waals surface area contributed by atoms with E-state index in [0.717, 1.165) is 33.3 Å². The summed E-state index contributed by atoms with van der Waals surface area (Å²) < 4.78 is 11.2. The van der Waals surface area contributed by atoms with Gasteiger partial charge in [-0.2, -0.15) is 0 Å². The first-order chi connectivity index (χ1) is 20.9. The second-order valence-electron chi connectivity index (χ2n) is 9.93. The number of thiophene rings is 1. The van der Waals surface area contributed by atoms with Crippen LogP contribution in [-0.2, 0) is 11.2 Å². The topological polar surface area (TPSA) is 122 Å². The second-order valence-corrected chi connectivity index (χ2v) is 11.2. The van der Waals surface area contributed by atoms with E-state index < -0.39 is 17.8 Å². The standard InChI is InChI=1S/C32H27ClN4O5S/c1-3-11-35-31(39)25-5-4-18(28(36-25)32(40)41-2)20-16-26-22(29-17(9-13-42-26)10-14-43-29)15-21(20)30(38)37-24-7-6-23-19(27(24)33)8-12-34-23/h4-8,10,12,14-16,34H,3,9,11,13H2,1-2H3,(H,35,39)(H,37,38). The van der Waals surface area contributed by atoms with Gasteiger partial charge in [0.2, 0.25) is 0 Å². The molecule has 0 bridgehead atoms. The number of methoxy groups -OCH3 is 1. The zero-order valence-corrected chi connectivity index (χ0v) is 24.9. The average Bonchev–Trinajstić information content (AvgIpc) is 3.67. The van der Waals surface area contributed by atoms with Crippen molar-refractivity contribution < 1.29 is 23.9 Å². The number of hydrogen-bond acceptors (Lipinski definition) is 7. The molecule has 0 saturated heterocycles. The molecule has 6 rings (SSSR count). The normalized spacial score (nSPS) is 12.1. The van der Waals surface area contributed by atoms with Crippen LogP contribution >= 0.6 is 22.9 Å². The highest BCUT2D eigenvalue weighted by Crippen LogP contribution is 2.43. The molecule has 4 heterocycles. The summed E-state index contributed by atoms with van der Waals surface area (Å²) in [6, 6.07) is 14.1. The fraction of sp³-hybridized carbons (Fsp3) is 0.188. The molecule has 3 aromatic heterocycles. The van der Waals surface area contributed by atoms with Crippen molar-refractivity contribution in [1.29, 1.82) is 0 Å². The largest absolute Gasteiger partial charge is 0.493 e. The maximum atomic E-state index is 14.1. The molecule has 0 unspecified atom stereocenters. The van der Waals surface area contributed by atoms with Crippen LogP contribution in [0.2, 0.25) is 5.02 Å². The Morgan fingerprint density at radius 2 is 1.93 bits per heavy atom. The Kier molecular flexibility index (Phi) is 7.88. The number of rotatable bonds is 7. The van der Waals surface area contributed by atoms with Crippen LogP contribution in [0.5, 0.6) is 5.75 Å². The van der Waals surface area contributed by atoms with E-state index in [1.54, 1.807) is 41.8 Å². The van der Waals surface area contributed by atoms with Crippen LogP contribution in [0.25, 0.3) is 32.5 Å². The van der Waals surface area contributed by atoms with E-state index in [1.165, 1.54) is 13.2 Å². The molecular formula is C32H27ClN4O5S. The van der Waals surface area contributed by atoms with Crippen molar-refractivity contribution in [2.75, 3.05) is 25.6 Å². The van der Waals surface area contributed by atoms with Gasteiger partial charge in [-0.1, -0.05) is 18.5 Å². The molecule has 1 aliphatic heterocycles. The number of nitrogens with one attached hydrogen (secondary N) is 3. The number of carbonyl (C=O) groups excluding carboxylic acids is 3. The van der Waals surface area contributed by atoms with Crippen LogP contribution < -0.4 is 15.4 Å². The fourth-order valence-corrected chi connectivity index (χ4v) is 6.35. The highest BCUT2D eigenvalue weighted by atomic mass is 35.5. The highest BCUT2D eigenvalue weighted by Gasteiger charge is 2.27. The number of amides is 2. The van der Waals surface area contributed by atoms with Gasteiger partial charge in [-0.25, -0.2) is 9.78 Å². The molecule has 11 heteroatoms. The lowest BCUT2D eigenvalue weighted by Crippen LogP contribution is -2.26. The minimum absolute atomic E-state index is 0.0597. The number of H-pyrrole nitrogens is 1. The van der Waals surface area contributed by atoms with Crippen LogP contribution in [0.4, 0.5) is 5.69 Å². The molecule has 0 fully saturated rings. The van der Waals surface area contributed by atoms with Crippen LogP contribution in [0, 0.1) is 0 Å². The molecule has 9 nitrogen and oxygen atoms in total. The molecule has 5 aromatic rings. The van der Waals surface area contributed by atoms with Crippen LogP contribution in [0.3, 0.4) is 0 Å². The van der Waals surface area contributed by atoms with Crippen molar-refractivity contribution in [2.24, 2.45) is 0 Å². The third kappa shape index (κ3) is 5.35. The monoisotopic (exact) mass is 614 g/mol. The van der Waals surface area contributed by atoms with Crippen molar-refractivity contribution in [2.45, 2.75) is 19.8 Å². The van der Waals surface area contributed by atoms with Gasteiger partial charge >= 0.3 is 5.97 Å². The SMILES string of the molecule is CCCNC(=O)c1ccc(-c2cc3c(cc2C(=O)Nc2ccc4[nH]ccc4c2Cl)-c2sccc2CCO3)c(C(=O)OC)n1. The molecular weight excluding hydrogens is 588 g/mol. The Bertz CT molecular complexity index is 1900. The molecule has 2 amide bonds. The minimum Gasteiger partial charge on any atom is -0.493 e. The lowest BCUT2D eigenvalue weighted by molar-refractivity contribution is 0.0594. The summed E-state index contributed by atoms with van der Waals surface area (Å²) in [5.41, 5.74) is 4.11. The summed E-state index contributed by atoms with van der Waals surface area (Å²) >= 11 is 8.24. The molecule has 0 spiro atoms. The Labute approximate surface area is 256 Å². The summed E-state index contributed by atoms with van der Waals surface area (Å²) in [4.78, 5) is 48.3. The Hall–Kier alpha value is -4.67. The van der Waals surface area contributed by atoms with Gasteiger partial charge < -0.3 is 25.1 Å². The Morgan fingerprint density at radius 3 is 2.74 bits per heavy atom. The minimum atomic E-state index is -0.746. The number of fused-ring (bicyclic) bond motifs is 4. The van der Waals surface area contributed by atoms with Gasteiger partial charge in [0.05, 0.1) is 24.4 Å². The molecule has 0 atom stereocenters. The third-order valence-corrected chi connectivity index (χ3v) is 8.63. The number of anilines is 1. The predicted molar refractivity (Wildman–Crippen MR) is 167 cm³/mol. The maximum Gasteiger partial charge on any atom is 0.357 e. The molecule has 0 aliphatic carbocycles. The summed E-state index contributed by atoms with van der Waals surface area (Å²) in [6.45, 7) is 2.85. The number of hydrogen-bond donors (Lipinski definition) is 3. The van der Waals surface area contributed by atoms with Gasteiger partial charge in [-0.15, -0.1) is 11.3 Å². The molecule has 3 N–H and O–H groups in total. The molecule has 0 radical (unpaired) electrons. The zero-order valence-electron chi connectivity index (χ0n) is 23.4. The van der Waals surface area contributed by atoms with E-state index in [-0.39, 0.29) is 17.0 Å². The molecule has 1 aliphatic rings. The lowest BCUT2D eigenvalue weighted by Gasteiger charge is -2.18. The Balaban J connectivity index is 1.52. The number of nitrogens with zero attached hydrogens (tertiary/aromatic N) is 1. The van der Waals surface area contributed by atoms with E-state index in [0.29, 0.717) is 47.2 Å². The van der Waals surface area contributed by atoms with Crippen molar-refractivity contribution in [1.82, 2.24) is 15.3 Å². The summed E-state index contributed by atoms with van der Waals surface area (Å²) in [5.74, 6) is -1.04. The number of carbonyl (C=O) groups is 3. The number of aromatic nitrogens is 2. The van der Waals surface area contributed by atoms with Crippen LogP contribution in [0.15, 0.2) is 60.1 Å². The molecule has 218 valence electrons. The summed E-state index contributed by atoms with van der Waals surface area (Å²) in [7, 11) is 1.24. The lowest BCUT2D eigenvalue weighted by atomic mass is 9.93. The van der Waals surface area contributed by atoms with Crippen LogP contribution in [-0.4, -0.2) is 48.0 Å². The van der Waals surface area contributed by atoms with Crippen molar-refractivity contribution in [3.05, 3.63) is 87.6 Å². The number of benzene rings is 2. The third-order valence-electron chi connectivity index (χ3n) is 7.23. The number of halogens is 1.